The van der Waals surface area contributed by atoms with E-state index in [-0.39, 0.29) is 11.5 Å². The third-order valence-electron chi connectivity index (χ3n) is 4.13. The molecule has 2 aromatic carbocycles. The van der Waals surface area contributed by atoms with E-state index in [4.69, 9.17) is 16.3 Å². The van der Waals surface area contributed by atoms with Gasteiger partial charge in [-0.15, -0.1) is 0 Å². The Kier molecular flexibility index (Phi) is 5.65. The number of carbonyl (C=O) groups excluding carboxylic acids is 1. The van der Waals surface area contributed by atoms with Crippen molar-refractivity contribution in [2.45, 2.75) is 0 Å². The molecule has 26 heavy (non-hydrogen) atoms. The van der Waals surface area contributed by atoms with E-state index in [1.807, 2.05) is 12.1 Å². The second-order valence-corrected chi connectivity index (χ2v) is 6.21. The van der Waals surface area contributed by atoms with Gasteiger partial charge in [-0.3, -0.25) is 14.9 Å². The van der Waals surface area contributed by atoms with Gasteiger partial charge in [-0.2, -0.15) is 0 Å². The lowest BCUT2D eigenvalue weighted by Gasteiger charge is -2.28. The Hall–Kier alpha value is -2.70. The number of nitrogens with zero attached hydrogens (tertiary/aromatic N) is 2. The van der Waals surface area contributed by atoms with Crippen molar-refractivity contribution in [2.75, 3.05) is 31.2 Å². The Labute approximate surface area is 155 Å². The maximum atomic E-state index is 12.3. The quantitative estimate of drug-likeness (QED) is 0.343. The number of nitro groups is 1. The maximum absolute atomic E-state index is 12.3. The number of rotatable bonds is 5. The number of non-ortho nitro benzene ring substituents is 1. The lowest BCUT2D eigenvalue weighted by atomic mass is 10.1. The normalized spacial score (nSPS) is 14.6. The highest BCUT2D eigenvalue weighted by Crippen LogP contribution is 2.23. The summed E-state index contributed by atoms with van der Waals surface area (Å²) in [6, 6.07) is 11.5. The zero-order valence-electron chi connectivity index (χ0n) is 13.9. The maximum Gasteiger partial charge on any atom is 0.270 e. The van der Waals surface area contributed by atoms with E-state index in [0.717, 1.165) is 18.8 Å². The van der Waals surface area contributed by atoms with Crippen molar-refractivity contribution >= 4 is 34.8 Å². The van der Waals surface area contributed by atoms with Gasteiger partial charge < -0.3 is 9.64 Å². The zero-order chi connectivity index (χ0) is 18.5. The number of carbonyl (C=O) groups is 1. The summed E-state index contributed by atoms with van der Waals surface area (Å²) in [5.41, 5.74) is 1.95. The molecule has 0 N–H and O–H groups in total. The summed E-state index contributed by atoms with van der Waals surface area (Å²) in [6.07, 6.45) is 2.86. The van der Waals surface area contributed by atoms with Gasteiger partial charge in [0.05, 0.1) is 18.1 Å². The Morgan fingerprint density at radius 2 is 1.85 bits per heavy atom. The van der Waals surface area contributed by atoms with Gasteiger partial charge in [0.2, 0.25) is 0 Å². The summed E-state index contributed by atoms with van der Waals surface area (Å²) in [5, 5.41) is 11.2. The van der Waals surface area contributed by atoms with Crippen molar-refractivity contribution < 1.29 is 14.5 Å². The molecule has 0 atom stereocenters. The van der Waals surface area contributed by atoms with E-state index < -0.39 is 4.92 Å². The molecule has 0 bridgehead atoms. The van der Waals surface area contributed by atoms with Gasteiger partial charge in [0.25, 0.3) is 5.69 Å². The summed E-state index contributed by atoms with van der Waals surface area (Å²) >= 11 is 6.04. The Bertz CT molecular complexity index is 843. The first-order chi connectivity index (χ1) is 12.5. The highest BCUT2D eigenvalue weighted by molar-refractivity contribution is 6.32. The number of hydrogen-bond donors (Lipinski definition) is 0. The molecule has 3 rings (SSSR count). The number of hydrogen-bond acceptors (Lipinski definition) is 5. The SMILES string of the molecule is O=C(/C=C/c1cc([N+](=O)[O-])ccc1Cl)c1ccc(N2CCOCC2)cc1. The summed E-state index contributed by atoms with van der Waals surface area (Å²) in [7, 11) is 0. The molecule has 1 fully saturated rings. The number of allylic oxidation sites excluding steroid dienone is 1. The van der Waals surface area contributed by atoms with Crippen LogP contribution in [0.4, 0.5) is 11.4 Å². The van der Waals surface area contributed by atoms with Crippen LogP contribution in [0.2, 0.25) is 5.02 Å². The molecule has 2 aromatic rings. The summed E-state index contributed by atoms with van der Waals surface area (Å²) < 4.78 is 5.33. The van der Waals surface area contributed by atoms with Crippen LogP contribution in [-0.4, -0.2) is 37.0 Å². The van der Waals surface area contributed by atoms with E-state index >= 15 is 0 Å². The number of morpholine rings is 1. The fourth-order valence-corrected chi connectivity index (χ4v) is 2.87. The molecule has 1 saturated heterocycles. The van der Waals surface area contributed by atoms with E-state index in [2.05, 4.69) is 4.90 Å². The highest BCUT2D eigenvalue weighted by Gasteiger charge is 2.12. The van der Waals surface area contributed by atoms with E-state index in [1.165, 1.54) is 30.4 Å². The van der Waals surface area contributed by atoms with Crippen LogP contribution in [0.15, 0.2) is 48.5 Å². The molecule has 134 valence electrons. The van der Waals surface area contributed by atoms with Gasteiger partial charge >= 0.3 is 0 Å². The van der Waals surface area contributed by atoms with Gasteiger partial charge in [0, 0.05) is 41.5 Å². The van der Waals surface area contributed by atoms with Gasteiger partial charge in [-0.05, 0) is 48.0 Å². The number of nitro benzene ring substituents is 1. The minimum absolute atomic E-state index is 0.0728. The molecular weight excluding hydrogens is 356 g/mol. The fraction of sp³-hybridized carbons (Fsp3) is 0.211. The van der Waals surface area contributed by atoms with Gasteiger partial charge in [-0.1, -0.05) is 11.6 Å². The first kappa shape index (κ1) is 18.1. The molecule has 0 unspecified atom stereocenters. The molecule has 1 aliphatic rings. The van der Waals surface area contributed by atoms with Crippen molar-refractivity contribution in [1.29, 1.82) is 0 Å². The van der Waals surface area contributed by atoms with Crippen molar-refractivity contribution in [3.8, 4) is 0 Å². The van der Waals surface area contributed by atoms with Crippen molar-refractivity contribution in [2.24, 2.45) is 0 Å². The molecule has 0 aromatic heterocycles. The van der Waals surface area contributed by atoms with Crippen LogP contribution in [0.1, 0.15) is 15.9 Å². The van der Waals surface area contributed by atoms with Gasteiger partial charge in [0.1, 0.15) is 0 Å². The minimum atomic E-state index is -0.500. The third kappa shape index (κ3) is 4.28. The highest BCUT2D eigenvalue weighted by atomic mass is 35.5. The molecule has 1 aliphatic heterocycles. The third-order valence-corrected chi connectivity index (χ3v) is 4.48. The minimum Gasteiger partial charge on any atom is -0.378 e. The molecular formula is C19H17ClN2O4. The first-order valence-corrected chi connectivity index (χ1v) is 8.51. The molecule has 0 aliphatic carbocycles. The van der Waals surface area contributed by atoms with E-state index in [9.17, 15) is 14.9 Å². The number of benzene rings is 2. The monoisotopic (exact) mass is 372 g/mol. The zero-order valence-corrected chi connectivity index (χ0v) is 14.7. The van der Waals surface area contributed by atoms with Gasteiger partial charge in [0.15, 0.2) is 5.78 Å². The lowest BCUT2D eigenvalue weighted by Crippen LogP contribution is -2.36. The predicted molar refractivity (Wildman–Crippen MR) is 101 cm³/mol. The first-order valence-electron chi connectivity index (χ1n) is 8.14. The molecule has 6 nitrogen and oxygen atoms in total. The van der Waals surface area contributed by atoms with Gasteiger partial charge in [-0.25, -0.2) is 0 Å². The van der Waals surface area contributed by atoms with Crippen LogP contribution < -0.4 is 4.90 Å². The standard InChI is InChI=1S/C19H17ClN2O4/c20-18-7-6-17(22(24)25)13-15(18)3-8-19(23)14-1-4-16(5-2-14)21-9-11-26-12-10-21/h1-8,13H,9-12H2/b8-3+. The van der Waals surface area contributed by atoms with E-state index in [1.54, 1.807) is 12.1 Å². The molecule has 7 heteroatoms. The topological polar surface area (TPSA) is 72.7 Å². The predicted octanol–water partition coefficient (Wildman–Crippen LogP) is 3.98. The fourth-order valence-electron chi connectivity index (χ4n) is 2.69. The molecule has 1 heterocycles. The van der Waals surface area contributed by atoms with Crippen molar-refractivity contribution in [3.05, 3.63) is 74.8 Å². The molecule has 0 spiro atoms. The Balaban J connectivity index is 1.72. The summed E-state index contributed by atoms with van der Waals surface area (Å²) in [4.78, 5) is 24.9. The molecule has 0 amide bonds. The van der Waals surface area contributed by atoms with Crippen LogP contribution in [-0.2, 0) is 4.74 Å². The van der Waals surface area contributed by atoms with Crippen LogP contribution in [0.25, 0.3) is 6.08 Å². The Morgan fingerprint density at radius 3 is 2.50 bits per heavy atom. The Morgan fingerprint density at radius 1 is 1.15 bits per heavy atom. The number of halogens is 1. The van der Waals surface area contributed by atoms with Crippen LogP contribution in [0.5, 0.6) is 0 Å². The smallest absolute Gasteiger partial charge is 0.270 e. The summed E-state index contributed by atoms with van der Waals surface area (Å²) in [5.74, 6) is -0.193. The number of ketones is 1. The molecule has 0 saturated carbocycles. The average molecular weight is 373 g/mol. The second-order valence-electron chi connectivity index (χ2n) is 5.81. The second kappa shape index (κ2) is 8.12. The largest absolute Gasteiger partial charge is 0.378 e. The van der Waals surface area contributed by atoms with Crippen LogP contribution in [0.3, 0.4) is 0 Å². The van der Waals surface area contributed by atoms with Crippen LogP contribution >= 0.6 is 11.6 Å². The number of ether oxygens (including phenoxy) is 1. The summed E-state index contributed by atoms with van der Waals surface area (Å²) in [6.45, 7) is 3.07. The van der Waals surface area contributed by atoms with Crippen LogP contribution in [0, 0.1) is 10.1 Å². The van der Waals surface area contributed by atoms with E-state index in [0.29, 0.717) is 29.4 Å². The van der Waals surface area contributed by atoms with Crippen molar-refractivity contribution in [1.82, 2.24) is 0 Å². The number of anilines is 1. The lowest BCUT2D eigenvalue weighted by molar-refractivity contribution is -0.384. The average Bonchev–Trinajstić information content (AvgIpc) is 2.67. The molecule has 0 radical (unpaired) electrons. The van der Waals surface area contributed by atoms with Crippen molar-refractivity contribution in [3.63, 3.8) is 0 Å².